The fourth-order valence-corrected chi connectivity index (χ4v) is 30.1. The van der Waals surface area contributed by atoms with E-state index in [1.165, 1.54) is 107 Å². The molecule has 2 atom stereocenters. The first-order valence-electron chi connectivity index (χ1n) is 21.3. The first kappa shape index (κ1) is 44.0. The molecule has 58 heavy (non-hydrogen) atoms. The Bertz CT molecular complexity index is 2290. The summed E-state index contributed by atoms with van der Waals surface area (Å²) in [5.41, 5.74) is 20.5. The van der Waals surface area contributed by atoms with Gasteiger partial charge in [0.2, 0.25) is 0 Å². The van der Waals surface area contributed by atoms with Crippen LogP contribution in [0, 0.1) is 0 Å². The maximum atomic E-state index is 2.87. The van der Waals surface area contributed by atoms with Gasteiger partial charge in [0.25, 0.3) is 0 Å². The summed E-state index contributed by atoms with van der Waals surface area (Å²) in [4.78, 5) is 0. The molecule has 8 rings (SSSR count). The van der Waals surface area contributed by atoms with Gasteiger partial charge in [0.05, 0.1) is 0 Å². The minimum Gasteiger partial charge on any atom is -0.147 e. The molecule has 2 aliphatic carbocycles. The van der Waals surface area contributed by atoms with E-state index in [2.05, 4.69) is 188 Å². The quantitative estimate of drug-likeness (QED) is 0.0755. The normalized spacial score (nSPS) is 15.7. The van der Waals surface area contributed by atoms with E-state index in [1.807, 2.05) is 0 Å². The van der Waals surface area contributed by atoms with Gasteiger partial charge in [0.15, 0.2) is 0 Å². The van der Waals surface area contributed by atoms with Crippen LogP contribution in [-0.2, 0) is 17.4 Å². The average molecular weight is 899 g/mol. The van der Waals surface area contributed by atoms with Gasteiger partial charge < -0.3 is 0 Å². The molecule has 6 aromatic rings. The number of hydrogen-bond donors (Lipinski definition) is 0. The number of fused-ring (bicyclic) bond motifs is 2. The molecule has 0 bridgehead atoms. The van der Waals surface area contributed by atoms with Crippen LogP contribution in [0.5, 0.6) is 0 Å². The van der Waals surface area contributed by atoms with Gasteiger partial charge in [0.1, 0.15) is 0 Å². The maximum absolute atomic E-state index is 4.12. The summed E-state index contributed by atoms with van der Waals surface area (Å²) in [6.45, 7) is 7.22. The molecule has 0 aliphatic heterocycles. The third kappa shape index (κ3) is 8.43. The molecule has 298 valence electrons. The second-order valence-corrected chi connectivity index (χ2v) is 48.1. The predicted octanol–water partition coefficient (Wildman–Crippen LogP) is 16.3. The van der Waals surface area contributed by atoms with Gasteiger partial charge in [-0.2, -0.15) is 0 Å². The summed E-state index contributed by atoms with van der Waals surface area (Å²) in [7, 11) is 0. The van der Waals surface area contributed by atoms with E-state index in [4.69, 9.17) is 0 Å². The van der Waals surface area contributed by atoms with Crippen molar-refractivity contribution in [3.63, 3.8) is 0 Å². The molecular formula is C54H60Cl2SiZr. The van der Waals surface area contributed by atoms with Gasteiger partial charge in [-0.1, -0.05) is 0 Å². The molecule has 0 radical (unpaired) electrons. The van der Waals surface area contributed by atoms with E-state index in [1.54, 1.807) is 22.3 Å². The topological polar surface area (TPSA) is 0 Å². The Morgan fingerprint density at radius 3 is 1.02 bits per heavy atom. The summed E-state index contributed by atoms with van der Waals surface area (Å²) >= 11 is -4.12. The molecule has 0 heterocycles. The summed E-state index contributed by atoms with van der Waals surface area (Å²) in [5.74, 6) is 0. The van der Waals surface area contributed by atoms with Crippen molar-refractivity contribution in [3.8, 4) is 44.5 Å². The van der Waals surface area contributed by atoms with Crippen LogP contribution in [-0.4, -0.2) is 6.88 Å². The molecule has 0 spiro atoms. The molecule has 2 aliphatic rings. The number of unbranched alkanes of at least 4 members (excludes halogenated alkanes) is 4. The van der Waals surface area contributed by atoms with Crippen molar-refractivity contribution in [2.24, 2.45) is 0 Å². The molecule has 0 N–H and O–H groups in total. The summed E-state index contributed by atoms with van der Waals surface area (Å²) in [6, 6.07) is 54.8. The second-order valence-electron chi connectivity index (χ2n) is 17.6. The fraction of sp³-hybridized carbons (Fsp3) is 0.259. The smallest absolute Gasteiger partial charge is 0.147 e. The van der Waals surface area contributed by atoms with Crippen molar-refractivity contribution in [1.82, 2.24) is 0 Å². The molecule has 0 aromatic heterocycles. The molecule has 4 heteroatoms. The molecule has 0 fully saturated rings. The molecule has 0 saturated carbocycles. The van der Waals surface area contributed by atoms with Crippen LogP contribution >= 0.6 is 24.8 Å². The Hall–Kier alpha value is -3.52. The maximum Gasteiger partial charge on any atom is -0.147 e. The first-order chi connectivity index (χ1) is 27.3. The van der Waals surface area contributed by atoms with E-state index < -0.39 is 17.4 Å². The van der Waals surface area contributed by atoms with Crippen molar-refractivity contribution in [3.05, 3.63) is 179 Å². The number of halogens is 2. The number of benzene rings is 6. The van der Waals surface area contributed by atoms with E-state index in [-0.39, 0.29) is 24.8 Å². The molecule has 0 saturated heterocycles. The Labute approximate surface area is 363 Å². The van der Waals surface area contributed by atoms with Crippen LogP contribution in [0.1, 0.15) is 94.7 Å². The molecular weight excluding hydrogens is 839 g/mol. The van der Waals surface area contributed by atoms with E-state index >= 15 is 0 Å². The predicted molar refractivity (Wildman–Crippen MR) is 259 cm³/mol. The monoisotopic (exact) mass is 896 g/mol. The summed E-state index contributed by atoms with van der Waals surface area (Å²) in [5, 5.41) is 0. The van der Waals surface area contributed by atoms with Crippen LogP contribution < -0.4 is 0 Å². The molecule has 2 unspecified atom stereocenters. The number of rotatable bonds is 14. The van der Waals surface area contributed by atoms with Crippen molar-refractivity contribution >= 4 is 43.8 Å². The Kier molecular flexibility index (Phi) is 14.3. The zero-order chi connectivity index (χ0) is 38.7. The number of hydrogen-bond acceptors (Lipinski definition) is 0. The van der Waals surface area contributed by atoms with Crippen molar-refractivity contribution in [2.45, 2.75) is 81.7 Å². The van der Waals surface area contributed by atoms with Crippen LogP contribution in [0.3, 0.4) is 0 Å². The standard InChI is InChI=1S/2C26H25.2CH3.2ClH.H2Si.Zr/c2*1-2-3-6-11-20-18-25-23(21-12-7-4-8-13-21)16-17-24(26(25)19-20)22-14-9-5-10-15-22;;;;;;/h2*4-5,7-10,12-19H,2-3,6,11H2,1H3;2*1H3;2*1H;1H2;. The fourth-order valence-electron chi connectivity index (χ4n) is 10.5. The van der Waals surface area contributed by atoms with Crippen LogP contribution in [0.25, 0.3) is 56.7 Å². The molecule has 0 nitrogen and oxygen atoms in total. The SMILES string of the molecule is CCCCCC1=Cc2c(-c3ccccc3)ccc(-c3ccccc3)c2[CH]1[Zr]([CH3])([CH3])(=[SiH2])[CH]1C(CCCCC)=Cc2c(-c3ccccc3)ccc(-c3ccccc3)c21.Cl.Cl. The van der Waals surface area contributed by atoms with Crippen LogP contribution in [0.4, 0.5) is 0 Å². The summed E-state index contributed by atoms with van der Waals surface area (Å²) in [6.07, 6.45) is 15.3. The van der Waals surface area contributed by atoms with Gasteiger partial charge in [-0.05, 0) is 0 Å². The van der Waals surface area contributed by atoms with Gasteiger partial charge in [-0.15, -0.1) is 24.8 Å². The largest absolute Gasteiger partial charge is 0.147 e. The van der Waals surface area contributed by atoms with E-state index in [0.29, 0.717) is 7.25 Å². The van der Waals surface area contributed by atoms with E-state index in [0.717, 1.165) is 0 Å². The average Bonchev–Trinajstić information content (AvgIpc) is 3.83. The van der Waals surface area contributed by atoms with E-state index in [9.17, 15) is 0 Å². The minimum absolute atomic E-state index is 0. The minimum atomic E-state index is -4.12. The second kappa shape index (κ2) is 18.8. The van der Waals surface area contributed by atoms with Gasteiger partial charge in [-0.25, -0.2) is 0 Å². The van der Waals surface area contributed by atoms with Gasteiger partial charge in [-0.3, -0.25) is 0 Å². The Balaban J connectivity index is 0.00000283. The van der Waals surface area contributed by atoms with Crippen molar-refractivity contribution in [2.75, 3.05) is 0 Å². The first-order valence-corrected chi connectivity index (χ1v) is 35.0. The molecule has 0 amide bonds. The van der Waals surface area contributed by atoms with Gasteiger partial charge >= 0.3 is 342 Å². The zero-order valence-electron chi connectivity index (χ0n) is 34.8. The van der Waals surface area contributed by atoms with Gasteiger partial charge in [0, 0.05) is 0 Å². The van der Waals surface area contributed by atoms with Crippen LogP contribution in [0.2, 0.25) is 9.26 Å². The van der Waals surface area contributed by atoms with Crippen LogP contribution in [0.15, 0.2) is 157 Å². The third-order valence-corrected chi connectivity index (χ3v) is 30.3. The zero-order valence-corrected chi connectivity index (χ0v) is 40.4. The third-order valence-electron chi connectivity index (χ3n) is 12.9. The van der Waals surface area contributed by atoms with Crippen molar-refractivity contribution < 1.29 is 17.4 Å². The number of allylic oxidation sites excluding steroid dienone is 2. The molecule has 6 aromatic carbocycles. The Morgan fingerprint density at radius 1 is 0.414 bits per heavy atom. The Morgan fingerprint density at radius 2 is 0.707 bits per heavy atom. The summed E-state index contributed by atoms with van der Waals surface area (Å²) < 4.78 is 6.59. The van der Waals surface area contributed by atoms with Crippen molar-refractivity contribution in [1.29, 1.82) is 0 Å².